The van der Waals surface area contributed by atoms with E-state index in [0.717, 1.165) is 25.7 Å². The van der Waals surface area contributed by atoms with E-state index in [2.05, 4.69) is 25.5 Å². The molecule has 3 atom stereocenters. The number of ether oxygens (including phenoxy) is 1. The molecule has 0 amide bonds. The Balaban J connectivity index is 2.27. The highest BCUT2D eigenvalue weighted by Crippen LogP contribution is 2.43. The summed E-state index contributed by atoms with van der Waals surface area (Å²) in [5.41, 5.74) is 0.280. The summed E-state index contributed by atoms with van der Waals surface area (Å²) in [6.45, 7) is 5.76. The van der Waals surface area contributed by atoms with Crippen LogP contribution in [0.25, 0.3) is 0 Å². The van der Waals surface area contributed by atoms with Gasteiger partial charge in [0, 0.05) is 12.0 Å². The zero-order valence-corrected chi connectivity index (χ0v) is 13.4. The first-order valence-electron chi connectivity index (χ1n) is 7.38. The maximum Gasteiger partial charge on any atom is 0.411 e. The highest BCUT2D eigenvalue weighted by atomic mass is 35.5. The van der Waals surface area contributed by atoms with Crippen molar-refractivity contribution in [3.63, 3.8) is 0 Å². The minimum Gasteiger partial charge on any atom is -0.372 e. The molecule has 1 rings (SSSR count). The molecular weight excluding hydrogens is 289 g/mol. The molecular formula is C15H26ClF3O. The molecule has 1 aliphatic rings. The lowest BCUT2D eigenvalue weighted by Gasteiger charge is -2.40. The predicted molar refractivity (Wildman–Crippen MR) is 76.0 cm³/mol. The van der Waals surface area contributed by atoms with Crippen molar-refractivity contribution < 1.29 is 17.9 Å². The minimum atomic E-state index is -4.23. The average molecular weight is 315 g/mol. The van der Waals surface area contributed by atoms with Gasteiger partial charge in [-0.1, -0.05) is 20.8 Å². The van der Waals surface area contributed by atoms with Gasteiger partial charge in [0.2, 0.25) is 0 Å². The monoisotopic (exact) mass is 314 g/mol. The van der Waals surface area contributed by atoms with Gasteiger partial charge in [0.05, 0.1) is 0 Å². The van der Waals surface area contributed by atoms with E-state index in [9.17, 15) is 13.2 Å². The smallest absolute Gasteiger partial charge is 0.372 e. The number of rotatable bonds is 5. The van der Waals surface area contributed by atoms with Gasteiger partial charge in [-0.25, -0.2) is 0 Å². The van der Waals surface area contributed by atoms with Gasteiger partial charge in [-0.2, -0.15) is 13.2 Å². The molecule has 0 bridgehead atoms. The Bertz CT molecular complexity index is 286. The molecule has 120 valence electrons. The summed E-state index contributed by atoms with van der Waals surface area (Å²) < 4.78 is 40.5. The van der Waals surface area contributed by atoms with Crippen molar-refractivity contribution in [1.82, 2.24) is 0 Å². The van der Waals surface area contributed by atoms with Gasteiger partial charge in [-0.3, -0.25) is 0 Å². The van der Waals surface area contributed by atoms with Crippen LogP contribution in [0.15, 0.2) is 0 Å². The van der Waals surface area contributed by atoms with Crippen LogP contribution in [0, 0.1) is 17.3 Å². The maximum absolute atomic E-state index is 11.9. The Kier molecular flexibility index (Phi) is 6.65. The summed E-state index contributed by atoms with van der Waals surface area (Å²) in [6.07, 6.45) is 0.532. The van der Waals surface area contributed by atoms with Crippen LogP contribution in [0.2, 0.25) is 0 Å². The number of halogens is 4. The van der Waals surface area contributed by atoms with Gasteiger partial charge < -0.3 is 4.74 Å². The fourth-order valence-electron chi connectivity index (χ4n) is 2.95. The third-order valence-electron chi connectivity index (χ3n) is 4.24. The Morgan fingerprint density at radius 3 is 2.35 bits per heavy atom. The van der Waals surface area contributed by atoms with Crippen LogP contribution >= 0.6 is 11.6 Å². The van der Waals surface area contributed by atoms with Crippen LogP contribution in [0.5, 0.6) is 0 Å². The van der Waals surface area contributed by atoms with Crippen LogP contribution in [0.1, 0.15) is 52.9 Å². The fraction of sp³-hybridized carbons (Fsp3) is 1.00. The molecule has 0 aromatic heterocycles. The van der Waals surface area contributed by atoms with Crippen molar-refractivity contribution in [1.29, 1.82) is 0 Å². The topological polar surface area (TPSA) is 9.23 Å². The molecule has 0 spiro atoms. The highest BCUT2D eigenvalue weighted by Gasteiger charge is 2.34. The molecule has 3 unspecified atom stereocenters. The summed E-state index contributed by atoms with van der Waals surface area (Å²) in [5.74, 6) is 1.06. The van der Waals surface area contributed by atoms with E-state index in [1.54, 1.807) is 0 Å². The van der Waals surface area contributed by atoms with Gasteiger partial charge in [0.15, 0.2) is 0 Å². The van der Waals surface area contributed by atoms with Crippen molar-refractivity contribution in [2.75, 3.05) is 13.2 Å². The van der Waals surface area contributed by atoms with Gasteiger partial charge in [-0.15, -0.1) is 11.6 Å². The summed E-state index contributed by atoms with van der Waals surface area (Å²) in [4.78, 5) is 0. The second kappa shape index (κ2) is 7.35. The third kappa shape index (κ3) is 6.66. The first-order chi connectivity index (χ1) is 9.09. The zero-order valence-electron chi connectivity index (χ0n) is 12.6. The van der Waals surface area contributed by atoms with Gasteiger partial charge in [0.1, 0.15) is 6.61 Å². The molecule has 0 aromatic carbocycles. The lowest BCUT2D eigenvalue weighted by atomic mass is 9.68. The molecule has 0 aromatic rings. The molecule has 0 saturated heterocycles. The Hall–Kier alpha value is 0.0400. The Labute approximate surface area is 125 Å². The summed E-state index contributed by atoms with van der Waals surface area (Å²) >= 11 is 6.36. The van der Waals surface area contributed by atoms with E-state index in [-0.39, 0.29) is 17.4 Å². The quantitative estimate of drug-likeness (QED) is 0.486. The Morgan fingerprint density at radius 2 is 1.80 bits per heavy atom. The predicted octanol–water partition coefficient (Wildman–Crippen LogP) is 5.42. The first-order valence-corrected chi connectivity index (χ1v) is 7.82. The lowest BCUT2D eigenvalue weighted by Crippen LogP contribution is -2.32. The summed E-state index contributed by atoms with van der Waals surface area (Å²) in [7, 11) is 0. The normalized spacial score (nSPS) is 28.6. The number of alkyl halides is 4. The van der Waals surface area contributed by atoms with Crippen molar-refractivity contribution in [3.05, 3.63) is 0 Å². The molecule has 1 saturated carbocycles. The van der Waals surface area contributed by atoms with Gasteiger partial charge in [0.25, 0.3) is 0 Å². The first kappa shape index (κ1) is 18.1. The molecule has 1 nitrogen and oxygen atoms in total. The van der Waals surface area contributed by atoms with E-state index >= 15 is 0 Å². The molecule has 0 aliphatic heterocycles. The van der Waals surface area contributed by atoms with Crippen molar-refractivity contribution >= 4 is 11.6 Å². The van der Waals surface area contributed by atoms with Crippen molar-refractivity contribution in [2.24, 2.45) is 17.3 Å². The fourth-order valence-corrected chi connectivity index (χ4v) is 3.30. The minimum absolute atomic E-state index is 0.163. The van der Waals surface area contributed by atoms with Crippen LogP contribution in [0.3, 0.4) is 0 Å². The van der Waals surface area contributed by atoms with Crippen LogP contribution in [-0.2, 0) is 4.74 Å². The van der Waals surface area contributed by atoms with Crippen LogP contribution in [-0.4, -0.2) is 24.8 Å². The lowest BCUT2D eigenvalue weighted by molar-refractivity contribution is -0.174. The SMILES string of the molecule is CC(C)(C)C1CCC(Cl)C(CCCOCC(F)(F)F)C1. The Morgan fingerprint density at radius 1 is 1.15 bits per heavy atom. The number of hydrogen-bond acceptors (Lipinski definition) is 1. The van der Waals surface area contributed by atoms with Crippen molar-refractivity contribution in [3.8, 4) is 0 Å². The molecule has 0 radical (unpaired) electrons. The second-order valence-corrected chi connectivity index (χ2v) is 7.52. The molecule has 1 fully saturated rings. The average Bonchev–Trinajstić information content (AvgIpc) is 2.28. The molecule has 20 heavy (non-hydrogen) atoms. The summed E-state index contributed by atoms with van der Waals surface area (Å²) in [5, 5.41) is 0.163. The molecule has 0 heterocycles. The number of hydrogen-bond donors (Lipinski definition) is 0. The van der Waals surface area contributed by atoms with Gasteiger partial charge >= 0.3 is 6.18 Å². The van der Waals surface area contributed by atoms with E-state index in [1.807, 2.05) is 0 Å². The molecule has 5 heteroatoms. The second-order valence-electron chi connectivity index (χ2n) is 6.96. The largest absolute Gasteiger partial charge is 0.411 e. The van der Waals surface area contributed by atoms with Crippen LogP contribution < -0.4 is 0 Å². The third-order valence-corrected chi connectivity index (χ3v) is 4.82. The van der Waals surface area contributed by atoms with E-state index in [4.69, 9.17) is 11.6 Å². The zero-order chi connectivity index (χ0) is 15.4. The molecule has 0 N–H and O–H groups in total. The highest BCUT2D eigenvalue weighted by molar-refractivity contribution is 6.20. The van der Waals surface area contributed by atoms with Crippen molar-refractivity contribution in [2.45, 2.75) is 64.4 Å². The van der Waals surface area contributed by atoms with Crippen LogP contribution in [0.4, 0.5) is 13.2 Å². The van der Waals surface area contributed by atoms with E-state index in [0.29, 0.717) is 18.3 Å². The van der Waals surface area contributed by atoms with E-state index in [1.165, 1.54) is 0 Å². The standard InChI is InChI=1S/C15H26ClF3O/c1-14(2,3)12-6-7-13(16)11(9-12)5-4-8-20-10-15(17,18)19/h11-13H,4-10H2,1-3H3. The molecule has 1 aliphatic carbocycles. The maximum atomic E-state index is 11.9. The van der Waals surface area contributed by atoms with E-state index < -0.39 is 12.8 Å². The summed E-state index contributed by atoms with van der Waals surface area (Å²) in [6, 6.07) is 0. The van der Waals surface area contributed by atoms with Gasteiger partial charge in [-0.05, 0) is 49.4 Å².